The van der Waals surface area contributed by atoms with Crippen LogP contribution in [0.15, 0.2) is 24.3 Å². The Morgan fingerprint density at radius 3 is 2.74 bits per heavy atom. The summed E-state index contributed by atoms with van der Waals surface area (Å²) in [5.41, 5.74) is 0.844. The quantitative estimate of drug-likeness (QED) is 0.808. The summed E-state index contributed by atoms with van der Waals surface area (Å²) in [6.07, 6.45) is 1.06. The summed E-state index contributed by atoms with van der Waals surface area (Å²) in [5.74, 6) is -0.983. The van der Waals surface area contributed by atoms with E-state index in [-0.39, 0.29) is 24.7 Å². The third kappa shape index (κ3) is 6.25. The molecule has 0 spiro atoms. The van der Waals surface area contributed by atoms with E-state index in [2.05, 4.69) is 5.32 Å². The molecule has 19 heavy (non-hydrogen) atoms. The minimum atomic E-state index is -0.837. The van der Waals surface area contributed by atoms with E-state index < -0.39 is 5.97 Å². The third-order valence-electron chi connectivity index (χ3n) is 2.88. The van der Waals surface area contributed by atoms with Crippen molar-refractivity contribution >= 4 is 23.5 Å². The van der Waals surface area contributed by atoms with Crippen LogP contribution in [0.2, 0.25) is 5.02 Å². The van der Waals surface area contributed by atoms with Gasteiger partial charge in [0.25, 0.3) is 0 Å². The Kier molecular flexibility index (Phi) is 6.36. The van der Waals surface area contributed by atoms with Gasteiger partial charge < -0.3 is 10.4 Å². The smallest absolute Gasteiger partial charge is 0.303 e. The van der Waals surface area contributed by atoms with Crippen LogP contribution in [0.4, 0.5) is 0 Å². The van der Waals surface area contributed by atoms with Gasteiger partial charge in [0.15, 0.2) is 0 Å². The Morgan fingerprint density at radius 1 is 1.42 bits per heavy atom. The summed E-state index contributed by atoms with van der Waals surface area (Å²) in [6, 6.07) is 7.13. The molecule has 0 aromatic heterocycles. The molecule has 1 aromatic carbocycles. The van der Waals surface area contributed by atoms with E-state index in [4.69, 9.17) is 16.7 Å². The van der Waals surface area contributed by atoms with E-state index in [0.717, 1.165) is 12.0 Å². The number of carboxylic acids is 1. The summed E-state index contributed by atoms with van der Waals surface area (Å²) in [4.78, 5) is 22.3. The molecule has 1 rings (SSSR count). The lowest BCUT2D eigenvalue weighted by Crippen LogP contribution is -2.31. The zero-order chi connectivity index (χ0) is 14.3. The lowest BCUT2D eigenvalue weighted by Gasteiger charge is -2.13. The van der Waals surface area contributed by atoms with E-state index in [9.17, 15) is 9.59 Å². The lowest BCUT2D eigenvalue weighted by atomic mass is 10.0. The molecule has 2 N–H and O–H groups in total. The maximum absolute atomic E-state index is 11.7. The van der Waals surface area contributed by atoms with Crippen molar-refractivity contribution in [3.05, 3.63) is 34.9 Å². The highest BCUT2D eigenvalue weighted by atomic mass is 35.5. The number of rotatable bonds is 7. The van der Waals surface area contributed by atoms with Gasteiger partial charge in [-0.3, -0.25) is 9.59 Å². The molecule has 0 aliphatic rings. The first-order valence-corrected chi connectivity index (χ1v) is 6.62. The van der Waals surface area contributed by atoms with Gasteiger partial charge in [0.2, 0.25) is 5.91 Å². The standard InChI is InChI=1S/C14H18ClNO3/c1-2-10(8-14(18)19)9-16-13(17)7-11-4-3-5-12(15)6-11/h3-6,10H,2,7-9H2,1H3,(H,16,17)(H,18,19). The van der Waals surface area contributed by atoms with Crippen LogP contribution in [-0.4, -0.2) is 23.5 Å². The molecule has 0 saturated carbocycles. The monoisotopic (exact) mass is 283 g/mol. The molecule has 0 aliphatic heterocycles. The van der Waals surface area contributed by atoms with Crippen LogP contribution in [-0.2, 0) is 16.0 Å². The Bertz CT molecular complexity index is 448. The Hall–Kier alpha value is -1.55. The number of carbonyl (C=O) groups excluding carboxylic acids is 1. The molecule has 0 heterocycles. The van der Waals surface area contributed by atoms with Gasteiger partial charge >= 0.3 is 5.97 Å². The highest BCUT2D eigenvalue weighted by molar-refractivity contribution is 6.30. The molecule has 0 aliphatic carbocycles. The molecule has 1 amide bonds. The molecule has 0 radical (unpaired) electrons. The van der Waals surface area contributed by atoms with Crippen molar-refractivity contribution in [1.29, 1.82) is 0 Å². The van der Waals surface area contributed by atoms with Crippen molar-refractivity contribution in [1.82, 2.24) is 5.32 Å². The number of halogens is 1. The van der Waals surface area contributed by atoms with Crippen LogP contribution in [0.3, 0.4) is 0 Å². The van der Waals surface area contributed by atoms with Crippen LogP contribution < -0.4 is 5.32 Å². The van der Waals surface area contributed by atoms with E-state index >= 15 is 0 Å². The Labute approximate surface area is 117 Å². The molecular weight excluding hydrogens is 266 g/mol. The minimum absolute atomic E-state index is 0.0270. The summed E-state index contributed by atoms with van der Waals surface area (Å²) in [6.45, 7) is 2.30. The zero-order valence-corrected chi connectivity index (χ0v) is 11.6. The minimum Gasteiger partial charge on any atom is -0.481 e. The molecule has 0 saturated heterocycles. The van der Waals surface area contributed by atoms with E-state index in [1.54, 1.807) is 18.2 Å². The molecule has 0 bridgehead atoms. The summed E-state index contributed by atoms with van der Waals surface area (Å²) < 4.78 is 0. The Balaban J connectivity index is 2.40. The fourth-order valence-electron chi connectivity index (χ4n) is 1.76. The van der Waals surface area contributed by atoms with Crippen molar-refractivity contribution in [2.45, 2.75) is 26.2 Å². The van der Waals surface area contributed by atoms with Crippen molar-refractivity contribution in [2.24, 2.45) is 5.92 Å². The van der Waals surface area contributed by atoms with E-state index in [1.165, 1.54) is 0 Å². The summed E-state index contributed by atoms with van der Waals surface area (Å²) in [7, 11) is 0. The molecule has 104 valence electrons. The first kappa shape index (κ1) is 15.5. The van der Waals surface area contributed by atoms with Crippen molar-refractivity contribution < 1.29 is 14.7 Å². The number of aliphatic carboxylic acids is 1. The maximum Gasteiger partial charge on any atom is 0.303 e. The van der Waals surface area contributed by atoms with Crippen LogP contribution >= 0.6 is 11.6 Å². The first-order valence-electron chi connectivity index (χ1n) is 6.24. The van der Waals surface area contributed by atoms with Gasteiger partial charge in [-0.15, -0.1) is 0 Å². The normalized spacial score (nSPS) is 11.9. The second kappa shape index (κ2) is 7.79. The van der Waals surface area contributed by atoms with Gasteiger partial charge in [-0.2, -0.15) is 0 Å². The van der Waals surface area contributed by atoms with Gasteiger partial charge in [0, 0.05) is 18.0 Å². The predicted molar refractivity (Wildman–Crippen MR) is 74.2 cm³/mol. The van der Waals surface area contributed by atoms with Gasteiger partial charge in [-0.05, 0) is 23.6 Å². The number of carboxylic acid groups (broad SMARTS) is 1. The molecule has 1 unspecified atom stereocenters. The van der Waals surface area contributed by atoms with Gasteiger partial charge in [0.1, 0.15) is 0 Å². The van der Waals surface area contributed by atoms with Crippen molar-refractivity contribution in [3.8, 4) is 0 Å². The van der Waals surface area contributed by atoms with Crippen molar-refractivity contribution in [2.75, 3.05) is 6.54 Å². The Morgan fingerprint density at radius 2 is 2.16 bits per heavy atom. The van der Waals surface area contributed by atoms with Crippen molar-refractivity contribution in [3.63, 3.8) is 0 Å². The average Bonchev–Trinajstić information content (AvgIpc) is 2.34. The number of carbonyl (C=O) groups is 2. The topological polar surface area (TPSA) is 66.4 Å². The lowest BCUT2D eigenvalue weighted by molar-refractivity contribution is -0.138. The average molecular weight is 284 g/mol. The van der Waals surface area contributed by atoms with Gasteiger partial charge in [-0.25, -0.2) is 0 Å². The third-order valence-corrected chi connectivity index (χ3v) is 3.12. The number of amides is 1. The number of nitrogens with one attached hydrogen (secondary N) is 1. The molecule has 0 fully saturated rings. The fourth-order valence-corrected chi connectivity index (χ4v) is 1.97. The maximum atomic E-state index is 11.7. The zero-order valence-electron chi connectivity index (χ0n) is 10.9. The van der Waals surface area contributed by atoms with Crippen LogP contribution in [0.1, 0.15) is 25.3 Å². The molecule has 1 atom stereocenters. The summed E-state index contributed by atoms with van der Waals surface area (Å²) >= 11 is 5.84. The highest BCUT2D eigenvalue weighted by Crippen LogP contribution is 2.11. The van der Waals surface area contributed by atoms with Gasteiger partial charge in [0.05, 0.1) is 6.42 Å². The van der Waals surface area contributed by atoms with E-state index in [0.29, 0.717) is 11.6 Å². The van der Waals surface area contributed by atoms with E-state index in [1.807, 2.05) is 13.0 Å². The van der Waals surface area contributed by atoms with Gasteiger partial charge in [-0.1, -0.05) is 37.1 Å². The van der Waals surface area contributed by atoms with Crippen LogP contribution in [0.25, 0.3) is 0 Å². The molecular formula is C14H18ClNO3. The second-order valence-electron chi connectivity index (χ2n) is 4.48. The predicted octanol–water partition coefficient (Wildman–Crippen LogP) is 2.50. The highest BCUT2D eigenvalue weighted by Gasteiger charge is 2.12. The first-order chi connectivity index (χ1) is 9.01. The molecule has 1 aromatic rings. The molecule has 5 heteroatoms. The van der Waals surface area contributed by atoms with Crippen LogP contribution in [0, 0.1) is 5.92 Å². The largest absolute Gasteiger partial charge is 0.481 e. The number of benzene rings is 1. The number of hydrogen-bond acceptors (Lipinski definition) is 2. The van der Waals surface area contributed by atoms with Crippen LogP contribution in [0.5, 0.6) is 0 Å². The fraction of sp³-hybridized carbons (Fsp3) is 0.429. The number of hydrogen-bond donors (Lipinski definition) is 2. The SMILES string of the molecule is CCC(CNC(=O)Cc1cccc(Cl)c1)CC(=O)O. The summed E-state index contributed by atoms with van der Waals surface area (Å²) in [5, 5.41) is 12.1. The molecule has 4 nitrogen and oxygen atoms in total. The second-order valence-corrected chi connectivity index (χ2v) is 4.92.